The van der Waals surface area contributed by atoms with Gasteiger partial charge in [-0.25, -0.2) is 0 Å². The van der Waals surface area contributed by atoms with Gasteiger partial charge in [0.15, 0.2) is 6.29 Å². The molecule has 23 heavy (non-hydrogen) atoms. The Balaban J connectivity index is 1.61. The summed E-state index contributed by atoms with van der Waals surface area (Å²) in [7, 11) is 0. The van der Waals surface area contributed by atoms with Crippen molar-refractivity contribution in [1.29, 1.82) is 0 Å². The molecule has 5 N–H and O–H groups in total. The van der Waals surface area contributed by atoms with Gasteiger partial charge in [-0.1, -0.05) is 13.0 Å². The Labute approximate surface area is 135 Å². The maximum Gasteiger partial charge on any atom is 0.187 e. The molecule has 4 aliphatic rings. The van der Waals surface area contributed by atoms with E-state index in [4.69, 9.17) is 9.47 Å². The second kappa shape index (κ2) is 6.40. The van der Waals surface area contributed by atoms with Crippen molar-refractivity contribution in [2.24, 2.45) is 17.3 Å². The number of hydrogen-bond acceptors (Lipinski definition) is 7. The summed E-state index contributed by atoms with van der Waals surface area (Å²) >= 11 is 0. The Morgan fingerprint density at radius 1 is 1.22 bits per heavy atom. The fraction of sp³-hybridized carbons (Fsp3) is 0.875. The summed E-state index contributed by atoms with van der Waals surface area (Å²) in [6.45, 7) is 1.97. The monoisotopic (exact) mass is 330 g/mol. The van der Waals surface area contributed by atoms with Gasteiger partial charge < -0.3 is 35.0 Å². The highest BCUT2D eigenvalue weighted by Gasteiger charge is 2.54. The average Bonchev–Trinajstić information content (AvgIpc) is 2.58. The zero-order valence-corrected chi connectivity index (χ0v) is 13.2. The first-order valence-electron chi connectivity index (χ1n) is 8.14. The van der Waals surface area contributed by atoms with E-state index in [0.717, 1.165) is 18.4 Å². The summed E-state index contributed by atoms with van der Waals surface area (Å²) in [4.78, 5) is 0. The molecule has 0 aromatic rings. The van der Waals surface area contributed by atoms with Crippen LogP contribution >= 0.6 is 0 Å². The van der Waals surface area contributed by atoms with Crippen LogP contribution in [0.15, 0.2) is 11.6 Å². The Hall–Kier alpha value is -0.540. The second-order valence-electron chi connectivity index (χ2n) is 7.17. The molecule has 7 nitrogen and oxygen atoms in total. The maximum atomic E-state index is 9.97. The molecule has 0 aromatic heterocycles. The minimum atomic E-state index is -1.43. The molecular formula is C16H26O7. The zero-order chi connectivity index (χ0) is 16.8. The van der Waals surface area contributed by atoms with Crippen molar-refractivity contribution in [3.63, 3.8) is 0 Å². The molecule has 132 valence electrons. The molecule has 0 aromatic carbocycles. The van der Waals surface area contributed by atoms with Crippen LogP contribution in [0.25, 0.3) is 0 Å². The predicted octanol–water partition coefficient (Wildman–Crippen LogP) is -1.23. The van der Waals surface area contributed by atoms with Gasteiger partial charge in [0.2, 0.25) is 0 Å². The van der Waals surface area contributed by atoms with Gasteiger partial charge in [-0.3, -0.25) is 0 Å². The second-order valence-corrected chi connectivity index (χ2v) is 7.17. The van der Waals surface area contributed by atoms with Crippen LogP contribution in [0.5, 0.6) is 0 Å². The fourth-order valence-corrected chi connectivity index (χ4v) is 4.11. The van der Waals surface area contributed by atoms with E-state index in [9.17, 15) is 25.5 Å². The third-order valence-electron chi connectivity index (χ3n) is 5.96. The molecule has 1 heterocycles. The molecule has 0 radical (unpaired) electrons. The van der Waals surface area contributed by atoms with Gasteiger partial charge in [-0.2, -0.15) is 0 Å². The Kier molecular flexibility index (Phi) is 4.81. The van der Waals surface area contributed by atoms with E-state index in [1.807, 2.05) is 0 Å². The first-order chi connectivity index (χ1) is 10.9. The zero-order valence-electron chi connectivity index (χ0n) is 13.2. The molecule has 0 spiro atoms. The van der Waals surface area contributed by atoms with Crippen LogP contribution < -0.4 is 0 Å². The van der Waals surface area contributed by atoms with E-state index >= 15 is 0 Å². The summed E-state index contributed by atoms with van der Waals surface area (Å²) in [5, 5.41) is 48.3. The number of allylic oxidation sites excluding steroid dienone is 1. The van der Waals surface area contributed by atoms with E-state index < -0.39 is 37.3 Å². The fourth-order valence-electron chi connectivity index (χ4n) is 4.11. The van der Waals surface area contributed by atoms with Crippen LogP contribution in [0.4, 0.5) is 0 Å². The highest BCUT2D eigenvalue weighted by molar-refractivity contribution is 5.24. The van der Waals surface area contributed by atoms with Gasteiger partial charge in [-0.15, -0.1) is 0 Å². The molecule has 4 rings (SSSR count). The Bertz CT molecular complexity index is 465. The van der Waals surface area contributed by atoms with Crippen LogP contribution in [0.2, 0.25) is 0 Å². The van der Waals surface area contributed by atoms with Crippen LogP contribution in [-0.2, 0) is 9.47 Å². The summed E-state index contributed by atoms with van der Waals surface area (Å²) in [6, 6.07) is 0. The van der Waals surface area contributed by atoms with Gasteiger partial charge in [-0.05, 0) is 30.3 Å². The van der Waals surface area contributed by atoms with Crippen molar-refractivity contribution in [3.8, 4) is 0 Å². The molecule has 0 amide bonds. The molecule has 7 heteroatoms. The Morgan fingerprint density at radius 3 is 2.57 bits per heavy atom. The quantitative estimate of drug-likeness (QED) is 0.400. The standard InChI is InChI=1S/C16H26O7/c1-16(7-18)9-3-2-8(10(16)4-9)6-22-15-14(21)13(20)12(19)11(5-17)23-15/h2,9-15,17-21H,3-7H2,1H3/t9-,10-,11+,12+,13-,14+,15+,16+/m1/s1. The van der Waals surface area contributed by atoms with Crippen molar-refractivity contribution in [2.75, 3.05) is 19.8 Å². The van der Waals surface area contributed by atoms with E-state index in [0.29, 0.717) is 5.92 Å². The lowest BCUT2D eigenvalue weighted by Gasteiger charge is -2.57. The minimum absolute atomic E-state index is 0.108. The molecule has 1 aliphatic heterocycles. The van der Waals surface area contributed by atoms with Crippen LogP contribution in [0, 0.1) is 17.3 Å². The molecule has 1 saturated carbocycles. The number of fused-ring (bicyclic) bond motifs is 1. The third kappa shape index (κ3) is 2.74. The van der Waals surface area contributed by atoms with Gasteiger partial charge in [0.05, 0.1) is 13.2 Å². The summed E-state index contributed by atoms with van der Waals surface area (Å²) in [5.74, 6) is 0.768. The van der Waals surface area contributed by atoms with Crippen LogP contribution in [0.3, 0.4) is 0 Å². The number of aliphatic hydroxyl groups is 5. The number of rotatable bonds is 5. The van der Waals surface area contributed by atoms with E-state index in [1.165, 1.54) is 0 Å². The smallest absolute Gasteiger partial charge is 0.187 e. The lowest BCUT2D eigenvalue weighted by atomic mass is 9.48. The third-order valence-corrected chi connectivity index (χ3v) is 5.96. The molecule has 3 aliphatic carbocycles. The predicted molar refractivity (Wildman–Crippen MR) is 79.2 cm³/mol. The van der Waals surface area contributed by atoms with Crippen molar-refractivity contribution in [1.82, 2.24) is 0 Å². The molecule has 8 atom stereocenters. The summed E-state index contributed by atoms with van der Waals surface area (Å²) in [5.41, 5.74) is 0.962. The lowest BCUT2D eigenvalue weighted by molar-refractivity contribution is -0.299. The summed E-state index contributed by atoms with van der Waals surface area (Å²) < 4.78 is 11.0. The molecule has 2 bridgehead atoms. The van der Waals surface area contributed by atoms with Gasteiger partial charge in [0, 0.05) is 12.0 Å². The highest BCUT2D eigenvalue weighted by atomic mass is 16.7. The molecule has 2 fully saturated rings. The maximum absolute atomic E-state index is 9.97. The van der Waals surface area contributed by atoms with Crippen molar-refractivity contribution < 1.29 is 35.0 Å². The number of aliphatic hydroxyl groups excluding tert-OH is 5. The Morgan fingerprint density at radius 2 is 1.96 bits per heavy atom. The van der Waals surface area contributed by atoms with Crippen molar-refractivity contribution in [2.45, 2.75) is 50.5 Å². The largest absolute Gasteiger partial charge is 0.396 e. The van der Waals surface area contributed by atoms with Gasteiger partial charge in [0.25, 0.3) is 0 Å². The first kappa shape index (κ1) is 17.3. The van der Waals surface area contributed by atoms with E-state index in [1.54, 1.807) is 0 Å². The lowest BCUT2D eigenvalue weighted by Crippen LogP contribution is -2.59. The summed E-state index contributed by atoms with van der Waals surface area (Å²) in [6.07, 6.45) is -2.22. The van der Waals surface area contributed by atoms with Gasteiger partial charge >= 0.3 is 0 Å². The molecule has 0 unspecified atom stereocenters. The topological polar surface area (TPSA) is 120 Å². The highest BCUT2D eigenvalue weighted by Crippen LogP contribution is 2.59. The van der Waals surface area contributed by atoms with Crippen molar-refractivity contribution >= 4 is 0 Å². The van der Waals surface area contributed by atoms with E-state index in [-0.39, 0.29) is 24.5 Å². The van der Waals surface area contributed by atoms with Crippen molar-refractivity contribution in [3.05, 3.63) is 11.6 Å². The normalized spacial score (nSPS) is 49.5. The van der Waals surface area contributed by atoms with Gasteiger partial charge in [0.1, 0.15) is 24.4 Å². The first-order valence-corrected chi connectivity index (χ1v) is 8.14. The molecular weight excluding hydrogens is 304 g/mol. The van der Waals surface area contributed by atoms with Crippen LogP contribution in [-0.4, -0.2) is 76.1 Å². The number of hydrogen-bond donors (Lipinski definition) is 5. The van der Waals surface area contributed by atoms with Crippen LogP contribution in [0.1, 0.15) is 19.8 Å². The SMILES string of the molecule is C[C@]1(CO)[C@@H]2CC=C(CO[C@H]3O[C@@H](CO)[C@H](O)[C@@H](O)[C@@H]3O)[C@H]1C2. The molecule has 1 saturated heterocycles. The minimum Gasteiger partial charge on any atom is -0.396 e. The average molecular weight is 330 g/mol. The van der Waals surface area contributed by atoms with E-state index in [2.05, 4.69) is 13.0 Å². The number of ether oxygens (including phenoxy) is 2.